The molecule has 10 nitrogen and oxygen atoms in total. The molecule has 4 rings (SSSR count). The van der Waals surface area contributed by atoms with Gasteiger partial charge in [-0.25, -0.2) is 0 Å². The third kappa shape index (κ3) is 5.48. The number of hydrogen-bond acceptors (Lipinski definition) is 7. The van der Waals surface area contributed by atoms with Crippen LogP contribution in [0.5, 0.6) is 5.75 Å². The summed E-state index contributed by atoms with van der Waals surface area (Å²) in [6.45, 7) is 2.11. The molecule has 10 heteroatoms. The molecule has 0 radical (unpaired) electrons. The summed E-state index contributed by atoms with van der Waals surface area (Å²) in [4.78, 5) is 53.0. The molecule has 3 aliphatic heterocycles. The molecule has 0 spiro atoms. The molecule has 3 heterocycles. The fourth-order valence-electron chi connectivity index (χ4n) is 4.82. The maximum Gasteiger partial charge on any atom is 0.310 e. The lowest BCUT2D eigenvalue weighted by molar-refractivity contribution is -0.164. The largest absolute Gasteiger partial charge is 0.497 e. The van der Waals surface area contributed by atoms with Crippen LogP contribution in [0.15, 0.2) is 36.4 Å². The molecule has 0 aliphatic carbocycles. The van der Waals surface area contributed by atoms with E-state index in [0.717, 1.165) is 0 Å². The van der Waals surface area contributed by atoms with Gasteiger partial charge >= 0.3 is 5.97 Å². The second-order valence-corrected chi connectivity index (χ2v) is 8.82. The second kappa shape index (κ2) is 10.9. The highest BCUT2D eigenvalue weighted by Gasteiger charge is 2.45. The normalized spacial score (nSPS) is 28.1. The number of hydrogen-bond donors (Lipinski definition) is 2. The van der Waals surface area contributed by atoms with Crippen LogP contribution < -0.4 is 15.4 Å². The van der Waals surface area contributed by atoms with Crippen LogP contribution in [0.1, 0.15) is 49.4 Å². The lowest BCUT2D eigenvalue weighted by Crippen LogP contribution is -2.57. The average molecular weight is 486 g/mol. The van der Waals surface area contributed by atoms with Gasteiger partial charge in [-0.05, 0) is 56.9 Å². The molecule has 0 saturated carbocycles. The number of benzene rings is 1. The third-order valence-corrected chi connectivity index (χ3v) is 6.58. The van der Waals surface area contributed by atoms with Gasteiger partial charge in [-0.3, -0.25) is 19.2 Å². The molecule has 188 valence electrons. The number of carbonyl (C=O) groups is 4. The van der Waals surface area contributed by atoms with Crippen molar-refractivity contribution in [1.82, 2.24) is 15.5 Å². The van der Waals surface area contributed by atoms with E-state index in [0.29, 0.717) is 43.6 Å². The molecule has 3 amide bonds. The minimum Gasteiger partial charge on any atom is -0.497 e. The van der Waals surface area contributed by atoms with E-state index in [9.17, 15) is 19.2 Å². The van der Waals surface area contributed by atoms with Gasteiger partial charge in [0.1, 0.15) is 23.9 Å². The highest BCUT2D eigenvalue weighted by molar-refractivity contribution is 5.99. The fraction of sp³-hybridized carbons (Fsp3) is 0.520. The number of esters is 1. The number of rotatable bonds is 7. The average Bonchev–Trinajstić information content (AvgIpc) is 3.42. The number of fused-ring (bicyclic) bond motifs is 1. The summed E-state index contributed by atoms with van der Waals surface area (Å²) in [5.74, 6) is -0.830. The zero-order valence-electron chi connectivity index (χ0n) is 19.9. The third-order valence-electron chi connectivity index (χ3n) is 6.58. The predicted octanol–water partition coefficient (Wildman–Crippen LogP) is 1.30. The Balaban J connectivity index is 1.47. The second-order valence-electron chi connectivity index (χ2n) is 8.82. The van der Waals surface area contributed by atoms with Crippen molar-refractivity contribution in [2.75, 3.05) is 13.7 Å². The van der Waals surface area contributed by atoms with E-state index in [2.05, 4.69) is 10.6 Å². The maximum atomic E-state index is 13.6. The summed E-state index contributed by atoms with van der Waals surface area (Å²) in [6.07, 6.45) is 5.21. The van der Waals surface area contributed by atoms with Crippen molar-refractivity contribution in [1.29, 1.82) is 0 Å². The summed E-state index contributed by atoms with van der Waals surface area (Å²) >= 11 is 0. The molecule has 0 bridgehead atoms. The van der Waals surface area contributed by atoms with Crippen molar-refractivity contribution in [3.8, 4) is 5.75 Å². The number of carbonyl (C=O) groups excluding carboxylic acids is 4. The number of cyclic esters (lactones) is 1. The van der Waals surface area contributed by atoms with E-state index in [1.165, 1.54) is 0 Å². The molecule has 3 aliphatic rings. The first kappa shape index (κ1) is 24.7. The maximum absolute atomic E-state index is 13.6. The molecule has 35 heavy (non-hydrogen) atoms. The minimum absolute atomic E-state index is 0.0176. The number of amides is 3. The van der Waals surface area contributed by atoms with Crippen LogP contribution in [0.3, 0.4) is 0 Å². The number of ether oxygens (including phenoxy) is 3. The van der Waals surface area contributed by atoms with Crippen LogP contribution in [-0.4, -0.2) is 72.8 Å². The van der Waals surface area contributed by atoms with E-state index in [1.54, 1.807) is 43.2 Å². The van der Waals surface area contributed by atoms with Gasteiger partial charge in [0.05, 0.1) is 13.5 Å². The molecule has 2 unspecified atom stereocenters. The Labute approximate surface area is 204 Å². The van der Waals surface area contributed by atoms with Gasteiger partial charge in [0.25, 0.3) is 5.91 Å². The zero-order chi connectivity index (χ0) is 24.9. The molecule has 2 fully saturated rings. The Morgan fingerprint density at radius 1 is 1.09 bits per heavy atom. The van der Waals surface area contributed by atoms with Crippen LogP contribution in [0.2, 0.25) is 0 Å². The summed E-state index contributed by atoms with van der Waals surface area (Å²) < 4.78 is 15.7. The Hall–Kier alpha value is -3.40. The SMILES string of the molecule is CCOC1OC(=O)CC1NC(=O)[C@@H]1CC[C@H]2CC=CC[C@H](NC(=O)c3ccc(OC)cc3)C(=O)N21. The Morgan fingerprint density at radius 2 is 1.83 bits per heavy atom. The zero-order valence-corrected chi connectivity index (χ0v) is 19.9. The van der Waals surface area contributed by atoms with Gasteiger partial charge < -0.3 is 29.7 Å². The van der Waals surface area contributed by atoms with Crippen LogP contribution in [-0.2, 0) is 23.9 Å². The van der Waals surface area contributed by atoms with Crippen molar-refractivity contribution < 1.29 is 33.4 Å². The van der Waals surface area contributed by atoms with Gasteiger partial charge in [0.2, 0.25) is 18.1 Å². The van der Waals surface area contributed by atoms with Crippen molar-refractivity contribution in [3.05, 3.63) is 42.0 Å². The van der Waals surface area contributed by atoms with Crippen LogP contribution in [0.25, 0.3) is 0 Å². The van der Waals surface area contributed by atoms with Crippen molar-refractivity contribution >= 4 is 23.7 Å². The number of methoxy groups -OCH3 is 1. The molecule has 2 saturated heterocycles. The summed E-state index contributed by atoms with van der Waals surface area (Å²) in [5, 5.41) is 5.67. The highest BCUT2D eigenvalue weighted by Crippen LogP contribution is 2.30. The first-order valence-electron chi connectivity index (χ1n) is 11.9. The van der Waals surface area contributed by atoms with Crippen LogP contribution in [0.4, 0.5) is 0 Å². The lowest BCUT2D eigenvalue weighted by Gasteiger charge is -2.34. The Morgan fingerprint density at radius 3 is 2.54 bits per heavy atom. The summed E-state index contributed by atoms with van der Waals surface area (Å²) in [7, 11) is 1.54. The minimum atomic E-state index is -0.837. The van der Waals surface area contributed by atoms with Gasteiger partial charge in [0.15, 0.2) is 0 Å². The number of nitrogens with one attached hydrogen (secondary N) is 2. The van der Waals surface area contributed by atoms with Gasteiger partial charge in [-0.1, -0.05) is 12.2 Å². The monoisotopic (exact) mass is 485 g/mol. The quantitative estimate of drug-likeness (QED) is 0.441. The number of nitrogens with zero attached hydrogens (tertiary/aromatic N) is 1. The van der Waals surface area contributed by atoms with Gasteiger partial charge in [-0.2, -0.15) is 0 Å². The molecule has 2 N–H and O–H groups in total. The van der Waals surface area contributed by atoms with Gasteiger partial charge in [-0.15, -0.1) is 0 Å². The summed E-state index contributed by atoms with van der Waals surface area (Å²) in [6, 6.07) is 4.38. The van der Waals surface area contributed by atoms with E-state index in [1.807, 2.05) is 12.2 Å². The molecular weight excluding hydrogens is 454 g/mol. The lowest BCUT2D eigenvalue weighted by atomic mass is 10.0. The fourth-order valence-corrected chi connectivity index (χ4v) is 4.82. The van der Waals surface area contributed by atoms with E-state index < -0.39 is 30.4 Å². The van der Waals surface area contributed by atoms with Crippen LogP contribution in [0, 0.1) is 0 Å². The van der Waals surface area contributed by atoms with Crippen molar-refractivity contribution in [2.24, 2.45) is 0 Å². The Kier molecular flexibility index (Phi) is 7.70. The smallest absolute Gasteiger partial charge is 0.310 e. The van der Waals surface area contributed by atoms with Gasteiger partial charge in [0, 0.05) is 18.2 Å². The van der Waals surface area contributed by atoms with E-state index in [-0.39, 0.29) is 30.2 Å². The van der Waals surface area contributed by atoms with Crippen molar-refractivity contribution in [3.63, 3.8) is 0 Å². The summed E-state index contributed by atoms with van der Waals surface area (Å²) in [5.41, 5.74) is 0.407. The van der Waals surface area contributed by atoms with Crippen LogP contribution >= 0.6 is 0 Å². The molecule has 5 atom stereocenters. The standard InChI is InChI=1S/C25H31N3O7/c1-3-34-25-19(14-21(29)35-25)27-23(31)20-13-10-16-6-4-5-7-18(24(32)28(16)20)26-22(30)15-8-11-17(33-2)12-9-15/h4-5,8-9,11-12,16,18-20,25H,3,6-7,10,13-14H2,1-2H3,(H,26,30)(H,27,31)/t16-,18+,19?,20+,25?/m1/s1. The Bertz CT molecular complexity index is 993. The van der Waals surface area contributed by atoms with E-state index in [4.69, 9.17) is 14.2 Å². The first-order valence-corrected chi connectivity index (χ1v) is 11.9. The molecular formula is C25H31N3O7. The van der Waals surface area contributed by atoms with E-state index >= 15 is 0 Å². The predicted molar refractivity (Wildman–Crippen MR) is 124 cm³/mol. The highest BCUT2D eigenvalue weighted by atomic mass is 16.7. The van der Waals surface area contributed by atoms with Crippen molar-refractivity contribution in [2.45, 2.75) is 69.5 Å². The molecule has 0 aromatic heterocycles. The first-order chi connectivity index (χ1) is 16.9. The molecule has 1 aromatic rings. The topological polar surface area (TPSA) is 123 Å². The molecule has 1 aromatic carbocycles.